The van der Waals surface area contributed by atoms with E-state index in [1.165, 1.54) is 44.9 Å². The molecule has 0 heterocycles. The summed E-state index contributed by atoms with van der Waals surface area (Å²) >= 11 is 0. The van der Waals surface area contributed by atoms with Gasteiger partial charge in [-0.2, -0.15) is 0 Å². The normalized spacial score (nSPS) is 11.0. The molecule has 222 valence electrons. The van der Waals surface area contributed by atoms with Crippen molar-refractivity contribution >= 4 is 0 Å². The third kappa shape index (κ3) is 8.92. The summed E-state index contributed by atoms with van der Waals surface area (Å²) in [5, 5.41) is 0. The van der Waals surface area contributed by atoms with Crippen LogP contribution in [0, 0.1) is 11.6 Å². The highest BCUT2D eigenvalue weighted by Crippen LogP contribution is 2.33. The predicted molar refractivity (Wildman–Crippen MR) is 171 cm³/mol. The summed E-state index contributed by atoms with van der Waals surface area (Å²) in [5.74, 6) is -0.0822. The lowest BCUT2D eigenvalue weighted by Gasteiger charge is -2.11. The maximum Gasteiger partial charge on any atom is 0.167 e. The molecule has 0 amide bonds. The van der Waals surface area contributed by atoms with Crippen LogP contribution >= 0.6 is 0 Å². The Morgan fingerprint density at radius 3 is 1.14 bits per heavy atom. The minimum absolute atomic E-state index is 0.238. The van der Waals surface area contributed by atoms with E-state index in [0.29, 0.717) is 17.7 Å². The van der Waals surface area contributed by atoms with Crippen LogP contribution in [0.25, 0.3) is 33.4 Å². The minimum Gasteiger partial charge on any atom is -0.494 e. The van der Waals surface area contributed by atoms with E-state index in [4.69, 9.17) is 9.47 Å². The van der Waals surface area contributed by atoms with E-state index in [2.05, 4.69) is 13.8 Å². The molecule has 4 rings (SSSR count). The molecule has 0 unspecified atom stereocenters. The molecular formula is C38H44F2O2. The van der Waals surface area contributed by atoms with E-state index in [0.717, 1.165) is 48.5 Å². The van der Waals surface area contributed by atoms with Gasteiger partial charge < -0.3 is 9.47 Å². The van der Waals surface area contributed by atoms with Gasteiger partial charge in [-0.15, -0.1) is 0 Å². The molecule has 4 heteroatoms. The van der Waals surface area contributed by atoms with Gasteiger partial charge in [0.05, 0.1) is 13.2 Å². The van der Waals surface area contributed by atoms with Crippen molar-refractivity contribution in [3.8, 4) is 44.9 Å². The van der Waals surface area contributed by atoms with Crippen LogP contribution in [-0.2, 0) is 0 Å². The molecule has 4 aromatic carbocycles. The maximum absolute atomic E-state index is 15.2. The zero-order chi connectivity index (χ0) is 29.6. The zero-order valence-corrected chi connectivity index (χ0v) is 25.1. The van der Waals surface area contributed by atoms with E-state index in [-0.39, 0.29) is 11.1 Å². The third-order valence-corrected chi connectivity index (χ3v) is 7.66. The Bertz CT molecular complexity index is 1350. The van der Waals surface area contributed by atoms with Crippen LogP contribution in [0.1, 0.15) is 78.1 Å². The van der Waals surface area contributed by atoms with Crippen LogP contribution in [0.3, 0.4) is 0 Å². The summed E-state index contributed by atoms with van der Waals surface area (Å²) in [7, 11) is 0. The van der Waals surface area contributed by atoms with Gasteiger partial charge in [-0.1, -0.05) is 126 Å². The molecule has 0 fully saturated rings. The second-order valence-electron chi connectivity index (χ2n) is 10.9. The number of halogens is 2. The fourth-order valence-electron chi connectivity index (χ4n) is 5.10. The maximum atomic E-state index is 15.2. The second kappa shape index (κ2) is 16.7. The fraction of sp³-hybridized carbons (Fsp3) is 0.368. The first-order chi connectivity index (χ1) is 20.6. The van der Waals surface area contributed by atoms with E-state index < -0.39 is 11.6 Å². The molecule has 0 atom stereocenters. The van der Waals surface area contributed by atoms with Gasteiger partial charge in [0, 0.05) is 11.1 Å². The van der Waals surface area contributed by atoms with E-state index in [1.807, 2.05) is 60.7 Å². The van der Waals surface area contributed by atoms with Crippen LogP contribution < -0.4 is 9.47 Å². The molecule has 2 nitrogen and oxygen atoms in total. The molecule has 0 aliphatic heterocycles. The number of hydrogen-bond acceptors (Lipinski definition) is 2. The van der Waals surface area contributed by atoms with E-state index in [9.17, 15) is 0 Å². The summed E-state index contributed by atoms with van der Waals surface area (Å²) < 4.78 is 42.1. The van der Waals surface area contributed by atoms with E-state index >= 15 is 8.78 Å². The number of hydrogen-bond donors (Lipinski definition) is 0. The number of rotatable bonds is 17. The molecule has 4 aromatic rings. The molecule has 0 N–H and O–H groups in total. The van der Waals surface area contributed by atoms with E-state index in [1.54, 1.807) is 24.3 Å². The molecule has 0 aliphatic carbocycles. The lowest BCUT2D eigenvalue weighted by atomic mass is 9.97. The Morgan fingerprint density at radius 2 is 0.738 bits per heavy atom. The topological polar surface area (TPSA) is 18.5 Å². The van der Waals surface area contributed by atoms with Gasteiger partial charge in [0.15, 0.2) is 11.6 Å². The molecule has 0 bridgehead atoms. The Hall–Kier alpha value is -3.66. The molecular weight excluding hydrogens is 526 g/mol. The van der Waals surface area contributed by atoms with Crippen molar-refractivity contribution in [2.45, 2.75) is 78.1 Å². The Balaban J connectivity index is 1.35. The molecule has 0 radical (unpaired) electrons. The standard InChI is InChI=1S/C38H44F2O2/c1-3-5-7-9-11-27-41-33-21-17-30(18-22-33)29-13-15-31(16-14-29)35-25-26-36(38(40)37(35)39)32-19-23-34(24-20-32)42-28-12-10-8-6-4-2/h13-26H,3-12,27-28H2,1-2H3. The van der Waals surface area contributed by atoms with Crippen molar-refractivity contribution in [2.24, 2.45) is 0 Å². The Labute approximate surface area is 250 Å². The highest BCUT2D eigenvalue weighted by Gasteiger charge is 2.16. The van der Waals surface area contributed by atoms with Gasteiger partial charge in [-0.05, 0) is 59.4 Å². The summed E-state index contributed by atoms with van der Waals surface area (Å²) in [6.07, 6.45) is 11.9. The molecule has 0 saturated carbocycles. The first-order valence-electron chi connectivity index (χ1n) is 15.7. The molecule has 0 aromatic heterocycles. The molecule has 0 aliphatic rings. The molecule has 0 spiro atoms. The van der Waals surface area contributed by atoms with Gasteiger partial charge in [0.1, 0.15) is 11.5 Å². The van der Waals surface area contributed by atoms with Crippen LogP contribution in [-0.4, -0.2) is 13.2 Å². The average Bonchev–Trinajstić information content (AvgIpc) is 3.03. The fourth-order valence-corrected chi connectivity index (χ4v) is 5.10. The van der Waals surface area contributed by atoms with Crippen molar-refractivity contribution in [3.63, 3.8) is 0 Å². The summed E-state index contributed by atoms with van der Waals surface area (Å²) in [4.78, 5) is 0. The number of ether oxygens (including phenoxy) is 2. The van der Waals surface area contributed by atoms with Crippen molar-refractivity contribution < 1.29 is 18.3 Å². The monoisotopic (exact) mass is 570 g/mol. The molecule has 42 heavy (non-hydrogen) atoms. The van der Waals surface area contributed by atoms with Crippen molar-refractivity contribution in [1.29, 1.82) is 0 Å². The predicted octanol–water partition coefficient (Wildman–Crippen LogP) is 11.7. The molecule has 0 saturated heterocycles. The summed E-state index contributed by atoms with van der Waals surface area (Å²) in [6, 6.07) is 26.1. The van der Waals surface area contributed by atoms with Crippen LogP contribution in [0.4, 0.5) is 8.78 Å². The zero-order valence-electron chi connectivity index (χ0n) is 25.1. The highest BCUT2D eigenvalue weighted by atomic mass is 19.2. The van der Waals surface area contributed by atoms with Gasteiger partial charge in [-0.25, -0.2) is 8.78 Å². The van der Waals surface area contributed by atoms with Crippen LogP contribution in [0.15, 0.2) is 84.9 Å². The Kier molecular flexibility index (Phi) is 12.4. The SMILES string of the molecule is CCCCCCCOc1ccc(-c2ccc(-c3ccc(-c4ccc(OCCCCCCC)cc4)c(F)c3F)cc2)cc1. The second-order valence-corrected chi connectivity index (χ2v) is 10.9. The first kappa shape index (κ1) is 31.3. The minimum atomic E-state index is -0.845. The summed E-state index contributed by atoms with van der Waals surface area (Å²) in [6.45, 7) is 5.82. The van der Waals surface area contributed by atoms with Crippen LogP contribution in [0.5, 0.6) is 11.5 Å². The highest BCUT2D eigenvalue weighted by molar-refractivity contribution is 5.74. The summed E-state index contributed by atoms with van der Waals surface area (Å²) in [5.41, 5.74) is 3.78. The Morgan fingerprint density at radius 1 is 0.405 bits per heavy atom. The lowest BCUT2D eigenvalue weighted by Crippen LogP contribution is -1.97. The van der Waals surface area contributed by atoms with Crippen molar-refractivity contribution in [3.05, 3.63) is 96.6 Å². The lowest BCUT2D eigenvalue weighted by molar-refractivity contribution is 0.304. The third-order valence-electron chi connectivity index (χ3n) is 7.66. The van der Waals surface area contributed by atoms with Gasteiger partial charge in [0.2, 0.25) is 0 Å². The largest absolute Gasteiger partial charge is 0.494 e. The van der Waals surface area contributed by atoms with Gasteiger partial charge in [0.25, 0.3) is 0 Å². The average molecular weight is 571 g/mol. The number of benzene rings is 4. The van der Waals surface area contributed by atoms with Crippen LogP contribution in [0.2, 0.25) is 0 Å². The van der Waals surface area contributed by atoms with Gasteiger partial charge >= 0.3 is 0 Å². The van der Waals surface area contributed by atoms with Crippen molar-refractivity contribution in [1.82, 2.24) is 0 Å². The number of unbranched alkanes of at least 4 members (excludes halogenated alkanes) is 8. The smallest absolute Gasteiger partial charge is 0.167 e. The van der Waals surface area contributed by atoms with Crippen molar-refractivity contribution in [2.75, 3.05) is 13.2 Å². The quantitative estimate of drug-likeness (QED) is 0.118. The van der Waals surface area contributed by atoms with Gasteiger partial charge in [-0.3, -0.25) is 0 Å². The first-order valence-corrected chi connectivity index (χ1v) is 15.7.